The van der Waals surface area contributed by atoms with Crippen molar-refractivity contribution in [3.63, 3.8) is 0 Å². The zero-order valence-corrected chi connectivity index (χ0v) is 18.7. The number of sulfonamides is 1. The van der Waals surface area contributed by atoms with Crippen molar-refractivity contribution in [3.8, 4) is 11.4 Å². The van der Waals surface area contributed by atoms with E-state index in [0.717, 1.165) is 5.56 Å². The van der Waals surface area contributed by atoms with Gasteiger partial charge in [-0.25, -0.2) is 13.4 Å². The van der Waals surface area contributed by atoms with Crippen LogP contribution in [0.25, 0.3) is 11.4 Å². The Balaban J connectivity index is 1.29. The van der Waals surface area contributed by atoms with E-state index >= 15 is 0 Å². The lowest BCUT2D eigenvalue weighted by Gasteiger charge is -2.33. The fourth-order valence-electron chi connectivity index (χ4n) is 3.29. The monoisotopic (exact) mass is 457 g/mol. The van der Waals surface area contributed by atoms with E-state index in [0.29, 0.717) is 24.1 Å². The first-order valence-electron chi connectivity index (χ1n) is 9.89. The van der Waals surface area contributed by atoms with Crippen LogP contribution in [-0.2, 0) is 14.8 Å². The van der Waals surface area contributed by atoms with Gasteiger partial charge in [0.1, 0.15) is 0 Å². The van der Waals surface area contributed by atoms with Crippen LogP contribution in [0.5, 0.6) is 0 Å². The Morgan fingerprint density at radius 3 is 2.39 bits per heavy atom. The second-order valence-corrected chi connectivity index (χ2v) is 10.1. The van der Waals surface area contributed by atoms with Crippen LogP contribution >= 0.6 is 11.8 Å². The summed E-state index contributed by atoms with van der Waals surface area (Å²) in [4.78, 5) is 19.0. The molecule has 1 aliphatic rings. The minimum atomic E-state index is -3.53. The van der Waals surface area contributed by atoms with Crippen LogP contribution in [-0.4, -0.2) is 70.6 Å². The highest BCUT2D eigenvalue weighted by molar-refractivity contribution is 7.99. The van der Waals surface area contributed by atoms with Crippen LogP contribution in [0.1, 0.15) is 5.56 Å². The lowest BCUT2D eigenvalue weighted by atomic mass is 10.1. The molecular formula is C21H23N5O3S2. The number of aromatic nitrogens is 3. The van der Waals surface area contributed by atoms with E-state index < -0.39 is 10.0 Å². The number of aryl methyl sites for hydroxylation is 1. The molecule has 0 saturated carbocycles. The molecule has 1 fully saturated rings. The molecule has 0 atom stereocenters. The number of carbonyl (C=O) groups excluding carboxylic acids is 1. The summed E-state index contributed by atoms with van der Waals surface area (Å²) in [7, 11) is -3.53. The van der Waals surface area contributed by atoms with Gasteiger partial charge in [0.15, 0.2) is 5.82 Å². The fourth-order valence-corrected chi connectivity index (χ4v) is 5.43. The lowest BCUT2D eigenvalue weighted by Crippen LogP contribution is -2.50. The summed E-state index contributed by atoms with van der Waals surface area (Å²) < 4.78 is 26.9. The topological polar surface area (TPSA) is 99.3 Å². The van der Waals surface area contributed by atoms with Crippen molar-refractivity contribution in [1.82, 2.24) is 24.4 Å². The summed E-state index contributed by atoms with van der Waals surface area (Å²) in [6.07, 6.45) is 0. The number of H-pyrrole nitrogens is 1. The van der Waals surface area contributed by atoms with E-state index in [2.05, 4.69) is 15.2 Å². The quantitative estimate of drug-likeness (QED) is 0.571. The van der Waals surface area contributed by atoms with E-state index in [1.54, 1.807) is 35.2 Å². The van der Waals surface area contributed by atoms with Gasteiger partial charge < -0.3 is 4.90 Å². The molecule has 10 heteroatoms. The van der Waals surface area contributed by atoms with E-state index in [9.17, 15) is 13.2 Å². The molecule has 0 spiro atoms. The maximum atomic E-state index is 12.7. The number of hydrogen-bond acceptors (Lipinski definition) is 6. The van der Waals surface area contributed by atoms with Crippen molar-refractivity contribution in [2.24, 2.45) is 0 Å². The molecule has 1 aromatic heterocycles. The fraction of sp³-hybridized carbons (Fsp3) is 0.286. The second kappa shape index (κ2) is 9.21. The Hall–Kier alpha value is -2.69. The molecule has 162 valence electrons. The molecule has 0 radical (unpaired) electrons. The standard InChI is InChI=1S/C21H23N5O3S2/c1-16-7-9-17(10-8-16)20-22-21(24-23-20)30-15-19(27)25-11-13-26(14-12-25)31(28,29)18-5-3-2-4-6-18/h2-10H,11-15H2,1H3,(H,22,23,24). The third kappa shape index (κ3) is 4.97. The SMILES string of the molecule is Cc1ccc(-c2nc(SCC(=O)N3CCN(S(=O)(=O)c4ccccc4)CC3)n[nH]2)cc1. The lowest BCUT2D eigenvalue weighted by molar-refractivity contribution is -0.129. The minimum absolute atomic E-state index is 0.0524. The Morgan fingerprint density at radius 2 is 1.71 bits per heavy atom. The third-order valence-electron chi connectivity index (χ3n) is 5.09. The number of carbonyl (C=O) groups is 1. The van der Waals surface area contributed by atoms with Crippen molar-refractivity contribution < 1.29 is 13.2 Å². The molecule has 0 aliphatic carbocycles. The summed E-state index contributed by atoms with van der Waals surface area (Å²) in [5.41, 5.74) is 2.10. The molecule has 0 bridgehead atoms. The Bertz CT molecular complexity index is 1140. The van der Waals surface area contributed by atoms with Crippen molar-refractivity contribution in [2.45, 2.75) is 17.0 Å². The minimum Gasteiger partial charge on any atom is -0.339 e. The predicted molar refractivity (Wildman–Crippen MR) is 119 cm³/mol. The van der Waals surface area contributed by atoms with Crippen LogP contribution in [0.2, 0.25) is 0 Å². The highest BCUT2D eigenvalue weighted by atomic mass is 32.2. The number of piperazine rings is 1. The molecule has 1 aliphatic heterocycles. The highest BCUT2D eigenvalue weighted by Crippen LogP contribution is 2.21. The molecule has 31 heavy (non-hydrogen) atoms. The first kappa shape index (κ1) is 21.5. The Labute approximate surface area is 185 Å². The van der Waals surface area contributed by atoms with E-state index in [1.165, 1.54) is 21.6 Å². The highest BCUT2D eigenvalue weighted by Gasteiger charge is 2.30. The van der Waals surface area contributed by atoms with Gasteiger partial charge in [0, 0.05) is 31.7 Å². The van der Waals surface area contributed by atoms with Crippen molar-refractivity contribution in [1.29, 1.82) is 0 Å². The summed E-state index contributed by atoms with van der Waals surface area (Å²) in [6, 6.07) is 16.3. The maximum Gasteiger partial charge on any atom is 0.243 e. The van der Waals surface area contributed by atoms with Gasteiger partial charge in [0.25, 0.3) is 0 Å². The molecule has 2 aromatic carbocycles. The van der Waals surface area contributed by atoms with Gasteiger partial charge in [-0.15, -0.1) is 5.10 Å². The van der Waals surface area contributed by atoms with Crippen molar-refractivity contribution >= 4 is 27.7 Å². The van der Waals surface area contributed by atoms with E-state index in [-0.39, 0.29) is 29.6 Å². The largest absolute Gasteiger partial charge is 0.339 e. The molecule has 1 saturated heterocycles. The molecule has 0 unspecified atom stereocenters. The van der Waals surface area contributed by atoms with Gasteiger partial charge in [-0.3, -0.25) is 9.89 Å². The van der Waals surface area contributed by atoms with Crippen LogP contribution in [0, 0.1) is 6.92 Å². The molecular weight excluding hydrogens is 434 g/mol. The van der Waals surface area contributed by atoms with Crippen LogP contribution in [0.15, 0.2) is 64.6 Å². The molecule has 4 rings (SSSR count). The summed E-state index contributed by atoms with van der Waals surface area (Å²) in [6.45, 7) is 3.33. The maximum absolute atomic E-state index is 12.7. The average Bonchev–Trinajstić information content (AvgIpc) is 3.28. The van der Waals surface area contributed by atoms with Gasteiger partial charge in [0.2, 0.25) is 21.1 Å². The second-order valence-electron chi connectivity index (χ2n) is 7.22. The number of thioether (sulfide) groups is 1. The van der Waals surface area contributed by atoms with Gasteiger partial charge in [-0.1, -0.05) is 59.8 Å². The number of hydrogen-bond donors (Lipinski definition) is 1. The zero-order valence-electron chi connectivity index (χ0n) is 17.1. The van der Waals surface area contributed by atoms with Crippen LogP contribution < -0.4 is 0 Å². The number of amides is 1. The summed E-state index contributed by atoms with van der Waals surface area (Å²) in [5.74, 6) is 0.814. The first-order chi connectivity index (χ1) is 14.9. The number of nitrogens with one attached hydrogen (secondary N) is 1. The van der Waals surface area contributed by atoms with Crippen molar-refractivity contribution in [3.05, 3.63) is 60.2 Å². The predicted octanol–water partition coefficient (Wildman–Crippen LogP) is 2.41. The van der Waals surface area contributed by atoms with Gasteiger partial charge in [0.05, 0.1) is 10.6 Å². The van der Waals surface area contributed by atoms with Gasteiger partial charge in [-0.05, 0) is 19.1 Å². The molecule has 3 aromatic rings. The number of aromatic amines is 1. The number of benzene rings is 2. The summed E-state index contributed by atoms with van der Waals surface area (Å²) in [5, 5.41) is 7.59. The Kier molecular flexibility index (Phi) is 6.40. The molecule has 2 heterocycles. The first-order valence-corrected chi connectivity index (χ1v) is 12.3. The number of nitrogens with zero attached hydrogens (tertiary/aromatic N) is 4. The van der Waals surface area contributed by atoms with Crippen LogP contribution in [0.3, 0.4) is 0 Å². The average molecular weight is 458 g/mol. The zero-order chi connectivity index (χ0) is 21.8. The van der Waals surface area contributed by atoms with E-state index in [1.807, 2.05) is 31.2 Å². The van der Waals surface area contributed by atoms with Gasteiger partial charge in [-0.2, -0.15) is 4.31 Å². The molecule has 1 amide bonds. The normalized spacial score (nSPS) is 15.2. The smallest absolute Gasteiger partial charge is 0.243 e. The third-order valence-corrected chi connectivity index (χ3v) is 7.83. The number of rotatable bonds is 6. The molecule has 8 nitrogen and oxygen atoms in total. The van der Waals surface area contributed by atoms with Crippen molar-refractivity contribution in [2.75, 3.05) is 31.9 Å². The van der Waals surface area contributed by atoms with E-state index in [4.69, 9.17) is 0 Å². The van der Waals surface area contributed by atoms with Crippen LogP contribution in [0.4, 0.5) is 0 Å². The molecule has 1 N–H and O–H groups in total. The summed E-state index contributed by atoms with van der Waals surface area (Å²) >= 11 is 1.27. The van der Waals surface area contributed by atoms with Gasteiger partial charge >= 0.3 is 0 Å². The Morgan fingerprint density at radius 1 is 1.03 bits per heavy atom.